The molecule has 0 fully saturated rings. The topological polar surface area (TPSA) is 52.5 Å². The molecule has 0 aliphatic rings. The van der Waals surface area contributed by atoms with Crippen LogP contribution in [0.3, 0.4) is 0 Å². The lowest BCUT2D eigenvalue weighted by atomic mass is 10.0. The van der Waals surface area contributed by atoms with Crippen molar-refractivity contribution in [3.8, 4) is 17.3 Å². The lowest BCUT2D eigenvalue weighted by Crippen LogP contribution is -2.07. The van der Waals surface area contributed by atoms with Gasteiger partial charge >= 0.3 is 12.4 Å². The van der Waals surface area contributed by atoms with Gasteiger partial charge in [-0.15, -0.1) is 0 Å². The molecule has 138 valence electrons. The van der Waals surface area contributed by atoms with Gasteiger partial charge in [0, 0.05) is 11.1 Å². The number of hydrogen-bond donors (Lipinski definition) is 1. The number of nitrogens with one attached hydrogen (secondary N) is 1. The van der Waals surface area contributed by atoms with Crippen LogP contribution in [0.5, 0.6) is 0 Å². The van der Waals surface area contributed by atoms with E-state index in [1.807, 2.05) is 0 Å². The minimum absolute atomic E-state index is 0.256. The summed E-state index contributed by atoms with van der Waals surface area (Å²) in [5.41, 5.74) is -2.59. The number of hydrogen-bond acceptors (Lipinski definition) is 2. The zero-order valence-corrected chi connectivity index (χ0v) is 14.3. The summed E-state index contributed by atoms with van der Waals surface area (Å²) in [6.45, 7) is 0. The molecule has 1 N–H and O–H groups in total. The van der Waals surface area contributed by atoms with E-state index in [0.717, 1.165) is 0 Å². The van der Waals surface area contributed by atoms with Gasteiger partial charge in [0.15, 0.2) is 5.69 Å². The number of rotatable bonds is 2. The molecule has 0 aliphatic carbocycles. The molecule has 0 radical (unpaired) electrons. The van der Waals surface area contributed by atoms with Gasteiger partial charge in [0.05, 0.1) is 21.3 Å². The van der Waals surface area contributed by atoms with E-state index in [-0.39, 0.29) is 11.3 Å². The standard InChI is InChI=1S/C14H4Cl3F6N3/c15-7-1-5(13(18,19)20)2-8(16)11(7)12-6(9(4-24)25-26-12)3-10(17)14(21,22)23/h1-3H,(H,25,26). The summed E-state index contributed by atoms with van der Waals surface area (Å²) in [4.78, 5) is 0. The van der Waals surface area contributed by atoms with Gasteiger partial charge < -0.3 is 0 Å². The van der Waals surface area contributed by atoms with Crippen LogP contribution in [0.25, 0.3) is 17.3 Å². The highest BCUT2D eigenvalue weighted by atomic mass is 35.5. The quantitative estimate of drug-likeness (QED) is 0.555. The normalized spacial score (nSPS) is 13.0. The number of halogens is 9. The average molecular weight is 435 g/mol. The summed E-state index contributed by atoms with van der Waals surface area (Å²) >= 11 is 16.8. The maximum Gasteiger partial charge on any atom is 0.426 e. The zero-order valence-electron chi connectivity index (χ0n) is 12.0. The molecule has 0 atom stereocenters. The van der Waals surface area contributed by atoms with Crippen molar-refractivity contribution in [2.75, 3.05) is 0 Å². The van der Waals surface area contributed by atoms with Gasteiger partial charge in [0.1, 0.15) is 11.1 Å². The van der Waals surface area contributed by atoms with Gasteiger partial charge in [-0.1, -0.05) is 34.8 Å². The maximum atomic E-state index is 12.8. The number of benzene rings is 1. The number of nitrogens with zero attached hydrogens (tertiary/aromatic N) is 2. The molecular formula is C14H4Cl3F6N3. The Balaban J connectivity index is 2.72. The predicted molar refractivity (Wildman–Crippen MR) is 83.6 cm³/mol. The summed E-state index contributed by atoms with van der Waals surface area (Å²) in [7, 11) is 0. The van der Waals surface area contributed by atoms with Crippen molar-refractivity contribution in [2.45, 2.75) is 12.4 Å². The summed E-state index contributed by atoms with van der Waals surface area (Å²) in [6, 6.07) is 2.64. The SMILES string of the molecule is N#Cc1n[nH]c(-c2c(Cl)cc(C(F)(F)F)cc2Cl)c1C=C(Cl)C(F)(F)F. The lowest BCUT2D eigenvalue weighted by molar-refractivity contribution is -0.137. The summed E-state index contributed by atoms with van der Waals surface area (Å²) in [5, 5.41) is 12.2. The van der Waals surface area contributed by atoms with Crippen LogP contribution in [0.1, 0.15) is 16.8 Å². The second-order valence-corrected chi connectivity index (χ2v) is 6.00. The first kappa shape index (κ1) is 20.4. The Labute approximate surface area is 156 Å². The molecule has 1 heterocycles. The fourth-order valence-electron chi connectivity index (χ4n) is 1.95. The van der Waals surface area contributed by atoms with Gasteiger partial charge in [0.2, 0.25) is 0 Å². The molecule has 1 aromatic carbocycles. The Morgan fingerprint density at radius 3 is 2.08 bits per heavy atom. The first-order valence-electron chi connectivity index (χ1n) is 6.35. The van der Waals surface area contributed by atoms with E-state index in [1.165, 1.54) is 6.07 Å². The van der Waals surface area contributed by atoms with Gasteiger partial charge in [-0.05, 0) is 18.2 Å². The second-order valence-electron chi connectivity index (χ2n) is 4.78. The third-order valence-electron chi connectivity index (χ3n) is 3.07. The molecule has 3 nitrogen and oxygen atoms in total. The smallest absolute Gasteiger partial charge is 0.276 e. The average Bonchev–Trinajstić information content (AvgIpc) is 2.87. The van der Waals surface area contributed by atoms with Crippen molar-refractivity contribution in [3.05, 3.63) is 44.0 Å². The minimum Gasteiger partial charge on any atom is -0.276 e. The third-order valence-corrected chi connectivity index (χ3v) is 3.99. The molecule has 2 rings (SSSR count). The van der Waals surface area contributed by atoms with Gasteiger partial charge in [-0.25, -0.2) is 0 Å². The Morgan fingerprint density at radius 2 is 1.65 bits per heavy atom. The van der Waals surface area contributed by atoms with Crippen molar-refractivity contribution >= 4 is 40.9 Å². The van der Waals surface area contributed by atoms with E-state index in [4.69, 9.17) is 40.1 Å². The molecule has 2 aromatic rings. The number of H-pyrrole nitrogens is 1. The van der Waals surface area contributed by atoms with E-state index in [1.54, 1.807) is 0 Å². The molecule has 1 aromatic heterocycles. The van der Waals surface area contributed by atoms with Gasteiger partial charge in [-0.3, -0.25) is 5.10 Å². The third kappa shape index (κ3) is 4.09. The summed E-state index contributed by atoms with van der Waals surface area (Å²) in [5.74, 6) is 0. The van der Waals surface area contributed by atoms with Crippen molar-refractivity contribution in [3.63, 3.8) is 0 Å². The summed E-state index contributed by atoms with van der Waals surface area (Å²) in [6.07, 6.45) is -9.24. The predicted octanol–water partition coefficient (Wildman–Crippen LogP) is 6.42. The molecule has 0 saturated carbocycles. The Bertz CT molecular complexity index is 898. The van der Waals surface area contributed by atoms with Crippen LogP contribution in [-0.4, -0.2) is 16.4 Å². The molecule has 0 aliphatic heterocycles. The van der Waals surface area contributed by atoms with Crippen LogP contribution in [0, 0.1) is 11.3 Å². The number of aromatic nitrogens is 2. The Kier molecular flexibility index (Phi) is 5.52. The molecule has 26 heavy (non-hydrogen) atoms. The molecule has 0 unspecified atom stereocenters. The number of alkyl halides is 6. The van der Waals surface area contributed by atoms with Crippen LogP contribution in [0.4, 0.5) is 26.3 Å². The van der Waals surface area contributed by atoms with E-state index in [9.17, 15) is 26.3 Å². The van der Waals surface area contributed by atoms with Gasteiger partial charge in [0.25, 0.3) is 0 Å². The van der Waals surface area contributed by atoms with Crippen LogP contribution < -0.4 is 0 Å². The molecular weight excluding hydrogens is 431 g/mol. The molecule has 0 saturated heterocycles. The fraction of sp³-hybridized carbons (Fsp3) is 0.143. The molecule has 0 bridgehead atoms. The Hall–Kier alpha value is -1.89. The second kappa shape index (κ2) is 7.02. The fourth-order valence-corrected chi connectivity index (χ4v) is 2.74. The minimum atomic E-state index is -4.91. The van der Waals surface area contributed by atoms with Crippen molar-refractivity contribution < 1.29 is 26.3 Å². The van der Waals surface area contributed by atoms with Crippen molar-refractivity contribution in [1.82, 2.24) is 10.2 Å². The lowest BCUT2D eigenvalue weighted by Gasteiger charge is -2.12. The largest absolute Gasteiger partial charge is 0.426 e. The number of nitriles is 1. The number of allylic oxidation sites excluding steroid dienone is 1. The number of aromatic amines is 1. The monoisotopic (exact) mass is 433 g/mol. The van der Waals surface area contributed by atoms with E-state index < -0.39 is 44.3 Å². The molecule has 0 amide bonds. The summed E-state index contributed by atoms with van der Waals surface area (Å²) < 4.78 is 76.4. The van der Waals surface area contributed by atoms with Gasteiger partial charge in [-0.2, -0.15) is 36.7 Å². The van der Waals surface area contributed by atoms with Crippen LogP contribution in [-0.2, 0) is 6.18 Å². The highest BCUT2D eigenvalue weighted by Crippen LogP contribution is 2.42. The van der Waals surface area contributed by atoms with Crippen molar-refractivity contribution in [2.24, 2.45) is 0 Å². The van der Waals surface area contributed by atoms with Crippen molar-refractivity contribution in [1.29, 1.82) is 5.26 Å². The highest BCUT2D eigenvalue weighted by molar-refractivity contribution is 6.39. The molecule has 12 heteroatoms. The van der Waals surface area contributed by atoms with Crippen LogP contribution in [0.2, 0.25) is 10.0 Å². The zero-order chi connectivity index (χ0) is 19.9. The first-order chi connectivity index (χ1) is 11.9. The molecule has 0 spiro atoms. The van der Waals surface area contributed by atoms with E-state index in [2.05, 4.69) is 10.2 Å². The Morgan fingerprint density at radius 1 is 1.12 bits per heavy atom. The first-order valence-corrected chi connectivity index (χ1v) is 7.49. The maximum absolute atomic E-state index is 12.8. The van der Waals surface area contributed by atoms with Crippen LogP contribution in [0.15, 0.2) is 17.2 Å². The van der Waals surface area contributed by atoms with Crippen LogP contribution >= 0.6 is 34.8 Å². The highest BCUT2D eigenvalue weighted by Gasteiger charge is 2.34. The van der Waals surface area contributed by atoms with E-state index in [0.29, 0.717) is 18.2 Å². The van der Waals surface area contributed by atoms with E-state index >= 15 is 0 Å².